The molecular weight excluding hydrogens is 336 g/mol. The Balaban J connectivity index is 1.50. The summed E-state index contributed by atoms with van der Waals surface area (Å²) in [7, 11) is 2.16. The van der Waals surface area contributed by atoms with Crippen molar-refractivity contribution in [1.29, 1.82) is 0 Å². The third-order valence-corrected chi connectivity index (χ3v) is 6.64. The van der Waals surface area contributed by atoms with Gasteiger partial charge in [0, 0.05) is 24.2 Å². The number of aliphatic hydroxyl groups is 1. The zero-order valence-electron chi connectivity index (χ0n) is 16.8. The predicted octanol–water partition coefficient (Wildman–Crippen LogP) is 2.56. The minimum atomic E-state index is -0.337. The lowest BCUT2D eigenvalue weighted by Gasteiger charge is -2.40. The number of hydrogen-bond donors (Lipinski definition) is 2. The average Bonchev–Trinajstić information content (AvgIpc) is 3.11. The normalized spacial score (nSPS) is 23.9. The van der Waals surface area contributed by atoms with Gasteiger partial charge in [0.15, 0.2) is 0 Å². The molecule has 2 aliphatic rings. The van der Waals surface area contributed by atoms with Gasteiger partial charge in [-0.2, -0.15) is 5.10 Å². The Kier molecular flexibility index (Phi) is 5.10. The minimum Gasteiger partial charge on any atom is -0.390 e. The number of fused-ring (bicyclic) bond motifs is 2. The summed E-state index contributed by atoms with van der Waals surface area (Å²) < 4.78 is 2.09. The Morgan fingerprint density at radius 3 is 2.70 bits per heavy atom. The van der Waals surface area contributed by atoms with Crippen LogP contribution in [0.3, 0.4) is 0 Å². The molecule has 27 heavy (non-hydrogen) atoms. The summed E-state index contributed by atoms with van der Waals surface area (Å²) in [6.07, 6.45) is 2.72. The van der Waals surface area contributed by atoms with Crippen molar-refractivity contribution in [1.82, 2.24) is 20.0 Å². The molecule has 2 heterocycles. The van der Waals surface area contributed by atoms with Gasteiger partial charge in [0.1, 0.15) is 0 Å². The molecule has 0 amide bonds. The van der Waals surface area contributed by atoms with Gasteiger partial charge in [0.2, 0.25) is 0 Å². The molecule has 1 aromatic heterocycles. The first-order valence-electron chi connectivity index (χ1n) is 10.2. The average molecular weight is 369 g/mol. The molecule has 5 heteroatoms. The lowest BCUT2D eigenvalue weighted by Crippen LogP contribution is -2.48. The molecule has 0 radical (unpaired) electrons. The van der Waals surface area contributed by atoms with Gasteiger partial charge in [-0.05, 0) is 70.4 Å². The number of benzene rings is 1. The Hall–Kier alpha value is -1.69. The van der Waals surface area contributed by atoms with Crippen LogP contribution in [0.2, 0.25) is 0 Å². The lowest BCUT2D eigenvalue weighted by atomic mass is 9.72. The third kappa shape index (κ3) is 3.22. The van der Waals surface area contributed by atoms with Crippen LogP contribution in [-0.4, -0.2) is 52.6 Å². The fourth-order valence-corrected chi connectivity index (χ4v) is 5.27. The quantitative estimate of drug-likeness (QED) is 0.852. The summed E-state index contributed by atoms with van der Waals surface area (Å²) in [4.78, 5) is 2.35. The summed E-state index contributed by atoms with van der Waals surface area (Å²) >= 11 is 0. The van der Waals surface area contributed by atoms with Crippen molar-refractivity contribution in [2.24, 2.45) is 0 Å². The lowest BCUT2D eigenvalue weighted by molar-refractivity contribution is 0.00600. The van der Waals surface area contributed by atoms with Gasteiger partial charge in [-0.3, -0.25) is 9.58 Å². The van der Waals surface area contributed by atoms with Crippen molar-refractivity contribution in [3.05, 3.63) is 52.8 Å². The number of nitrogens with one attached hydrogen (secondary N) is 1. The van der Waals surface area contributed by atoms with Gasteiger partial charge in [-0.1, -0.05) is 24.3 Å². The van der Waals surface area contributed by atoms with Crippen LogP contribution in [0.5, 0.6) is 0 Å². The predicted molar refractivity (Wildman–Crippen MR) is 108 cm³/mol. The van der Waals surface area contributed by atoms with Crippen LogP contribution in [0, 0.1) is 13.8 Å². The van der Waals surface area contributed by atoms with E-state index in [4.69, 9.17) is 0 Å². The fourth-order valence-electron chi connectivity index (χ4n) is 5.27. The highest BCUT2D eigenvalue weighted by molar-refractivity contribution is 5.45. The van der Waals surface area contributed by atoms with Gasteiger partial charge >= 0.3 is 0 Å². The number of aryl methyl sites for hydroxylation is 3. The molecule has 0 saturated carbocycles. The number of aromatic nitrogens is 2. The van der Waals surface area contributed by atoms with Crippen molar-refractivity contribution in [3.63, 3.8) is 0 Å². The molecule has 1 aliphatic heterocycles. The smallest absolute Gasteiger partial charge is 0.0834 e. The molecule has 1 aromatic carbocycles. The molecule has 0 bridgehead atoms. The molecular formula is C22H32N4O. The van der Waals surface area contributed by atoms with E-state index in [2.05, 4.69) is 64.3 Å². The monoisotopic (exact) mass is 368 g/mol. The number of aliphatic hydroxyl groups excluding tert-OH is 1. The molecule has 1 saturated heterocycles. The molecule has 146 valence electrons. The van der Waals surface area contributed by atoms with E-state index in [9.17, 15) is 5.11 Å². The molecule has 5 nitrogen and oxygen atoms in total. The topological polar surface area (TPSA) is 53.3 Å². The van der Waals surface area contributed by atoms with Crippen LogP contribution < -0.4 is 5.32 Å². The van der Waals surface area contributed by atoms with E-state index in [1.807, 2.05) is 6.92 Å². The maximum absolute atomic E-state index is 11.4. The maximum Gasteiger partial charge on any atom is 0.0834 e. The molecule has 2 aromatic rings. The van der Waals surface area contributed by atoms with Gasteiger partial charge in [-0.15, -0.1) is 0 Å². The Bertz CT molecular complexity index is 793. The number of hydrogen-bond acceptors (Lipinski definition) is 4. The number of likely N-dealkylation sites (N-methyl/N-ethyl adjacent to an activating group) is 1. The third-order valence-electron chi connectivity index (χ3n) is 6.64. The van der Waals surface area contributed by atoms with E-state index in [0.29, 0.717) is 0 Å². The Morgan fingerprint density at radius 1 is 1.26 bits per heavy atom. The highest BCUT2D eigenvalue weighted by Crippen LogP contribution is 2.51. The van der Waals surface area contributed by atoms with E-state index in [0.717, 1.165) is 51.1 Å². The highest BCUT2D eigenvalue weighted by Gasteiger charge is 2.52. The van der Waals surface area contributed by atoms with Crippen molar-refractivity contribution >= 4 is 0 Å². The summed E-state index contributed by atoms with van der Waals surface area (Å²) in [6.45, 7) is 7.99. The fraction of sp³-hybridized carbons (Fsp3) is 0.591. The van der Waals surface area contributed by atoms with E-state index in [1.165, 1.54) is 16.8 Å². The zero-order chi connectivity index (χ0) is 19.0. The molecule has 0 unspecified atom stereocenters. The van der Waals surface area contributed by atoms with E-state index < -0.39 is 0 Å². The van der Waals surface area contributed by atoms with E-state index in [1.54, 1.807) is 0 Å². The van der Waals surface area contributed by atoms with Crippen molar-refractivity contribution < 1.29 is 5.11 Å². The largest absolute Gasteiger partial charge is 0.390 e. The zero-order valence-corrected chi connectivity index (χ0v) is 16.8. The Labute approximate surface area is 162 Å². The van der Waals surface area contributed by atoms with Crippen molar-refractivity contribution in [2.45, 2.75) is 57.2 Å². The first kappa shape index (κ1) is 18.7. The number of rotatable bonds is 5. The second-order valence-corrected chi connectivity index (χ2v) is 8.37. The molecule has 2 atom stereocenters. The minimum absolute atomic E-state index is 0.0831. The molecule has 1 fully saturated rings. The van der Waals surface area contributed by atoms with Crippen LogP contribution in [0.4, 0.5) is 0 Å². The maximum atomic E-state index is 11.4. The molecule has 4 rings (SSSR count). The summed E-state index contributed by atoms with van der Waals surface area (Å²) in [5.41, 5.74) is 4.90. The second kappa shape index (κ2) is 7.38. The SMILES string of the molecule is Cc1cc(C)n(CCCN(C)[C@@H]2c3ccccc3C3(CCNCC3)[C@H]2O)n1. The molecule has 2 N–H and O–H groups in total. The van der Waals surface area contributed by atoms with Crippen LogP contribution in [-0.2, 0) is 12.0 Å². The Morgan fingerprint density at radius 2 is 2.00 bits per heavy atom. The second-order valence-electron chi connectivity index (χ2n) is 8.37. The number of piperidine rings is 1. The number of nitrogens with zero attached hydrogens (tertiary/aromatic N) is 3. The summed E-state index contributed by atoms with van der Waals surface area (Å²) in [5, 5.41) is 19.5. The first-order valence-corrected chi connectivity index (χ1v) is 10.2. The first-order chi connectivity index (χ1) is 13.0. The van der Waals surface area contributed by atoms with Crippen LogP contribution in [0.15, 0.2) is 30.3 Å². The van der Waals surface area contributed by atoms with Crippen molar-refractivity contribution in [2.75, 3.05) is 26.7 Å². The van der Waals surface area contributed by atoms with E-state index in [-0.39, 0.29) is 17.6 Å². The van der Waals surface area contributed by atoms with Gasteiger partial charge < -0.3 is 10.4 Å². The van der Waals surface area contributed by atoms with Crippen LogP contribution >= 0.6 is 0 Å². The highest BCUT2D eigenvalue weighted by atomic mass is 16.3. The summed E-state index contributed by atoms with van der Waals surface area (Å²) in [5.74, 6) is 0. The van der Waals surface area contributed by atoms with Gasteiger partial charge in [0.05, 0.1) is 17.8 Å². The van der Waals surface area contributed by atoms with Gasteiger partial charge in [-0.25, -0.2) is 0 Å². The van der Waals surface area contributed by atoms with Crippen LogP contribution in [0.25, 0.3) is 0 Å². The molecule has 1 aliphatic carbocycles. The van der Waals surface area contributed by atoms with Gasteiger partial charge in [0.25, 0.3) is 0 Å². The van der Waals surface area contributed by atoms with Crippen molar-refractivity contribution in [3.8, 4) is 0 Å². The van der Waals surface area contributed by atoms with E-state index >= 15 is 0 Å². The summed E-state index contributed by atoms with van der Waals surface area (Å²) in [6, 6.07) is 10.9. The standard InChI is InChI=1S/C22H32N4O/c1-16-15-17(2)26(24-16)14-6-13-25(3)20-18-7-4-5-8-19(18)22(21(20)27)9-11-23-12-10-22/h4-5,7-8,15,20-21,23,27H,6,9-14H2,1-3H3/t20-,21+/m1/s1. The molecule has 1 spiro atoms. The van der Waals surface area contributed by atoms with Crippen LogP contribution in [0.1, 0.15) is 47.8 Å².